The molecular formula is C12H19N3OS. The molecule has 1 aromatic rings. The lowest BCUT2D eigenvalue weighted by Gasteiger charge is -2.24. The van der Waals surface area contributed by atoms with Crippen LogP contribution in [0.5, 0.6) is 0 Å². The third-order valence-electron chi connectivity index (χ3n) is 2.67. The summed E-state index contributed by atoms with van der Waals surface area (Å²) in [6.45, 7) is 4.08. The molecule has 4 nitrogen and oxygen atoms in total. The summed E-state index contributed by atoms with van der Waals surface area (Å²) >= 11 is 1.79. The summed E-state index contributed by atoms with van der Waals surface area (Å²) < 4.78 is 0. The first-order valence-corrected chi connectivity index (χ1v) is 6.91. The maximum Gasteiger partial charge on any atom is 0.223 e. The van der Waals surface area contributed by atoms with E-state index in [1.54, 1.807) is 22.9 Å². The second kappa shape index (κ2) is 7.27. The maximum atomic E-state index is 11.9. The van der Waals surface area contributed by atoms with Crippen LogP contribution in [-0.2, 0) is 4.79 Å². The van der Waals surface area contributed by atoms with Crippen LogP contribution in [0, 0.1) is 0 Å². The summed E-state index contributed by atoms with van der Waals surface area (Å²) in [6.07, 6.45) is 3.80. The maximum absolute atomic E-state index is 11.9. The zero-order valence-corrected chi connectivity index (χ0v) is 11.4. The number of carbonyl (C=O) groups excluding carboxylic acids is 1. The number of amides is 1. The van der Waals surface area contributed by atoms with Gasteiger partial charge in [-0.15, -0.1) is 0 Å². The van der Waals surface area contributed by atoms with Gasteiger partial charge < -0.3 is 4.90 Å². The monoisotopic (exact) mass is 253 g/mol. The number of hydrogen-bond donors (Lipinski definition) is 0. The van der Waals surface area contributed by atoms with Crippen LogP contribution in [0.25, 0.3) is 0 Å². The Hall–Kier alpha value is -1.10. The second-order valence-corrected chi connectivity index (χ2v) is 5.16. The number of hydrogen-bond acceptors (Lipinski definition) is 4. The van der Waals surface area contributed by atoms with E-state index in [-0.39, 0.29) is 11.9 Å². The van der Waals surface area contributed by atoms with E-state index in [0.29, 0.717) is 6.42 Å². The van der Waals surface area contributed by atoms with Crippen molar-refractivity contribution in [3.8, 4) is 0 Å². The summed E-state index contributed by atoms with van der Waals surface area (Å²) in [5.41, 5.74) is 0.874. The molecule has 0 fully saturated rings. The van der Waals surface area contributed by atoms with E-state index in [9.17, 15) is 4.79 Å². The topological polar surface area (TPSA) is 46.1 Å². The highest BCUT2D eigenvalue weighted by Crippen LogP contribution is 2.16. The molecule has 0 N–H and O–H groups in total. The first-order chi connectivity index (χ1) is 8.16. The van der Waals surface area contributed by atoms with Crippen LogP contribution in [0.4, 0.5) is 0 Å². The van der Waals surface area contributed by atoms with E-state index in [4.69, 9.17) is 0 Å². The molecule has 0 aromatic carbocycles. The predicted octanol–water partition coefficient (Wildman–Crippen LogP) is 2.14. The molecule has 0 saturated heterocycles. The van der Waals surface area contributed by atoms with Crippen molar-refractivity contribution in [1.82, 2.24) is 14.9 Å². The molecule has 1 atom stereocenters. The van der Waals surface area contributed by atoms with Crippen molar-refractivity contribution in [2.24, 2.45) is 0 Å². The molecule has 17 heavy (non-hydrogen) atoms. The average molecular weight is 253 g/mol. The molecule has 5 heteroatoms. The molecule has 94 valence electrons. The average Bonchev–Trinajstić information content (AvgIpc) is 2.38. The first kappa shape index (κ1) is 14.0. The Bertz CT molecular complexity index is 345. The minimum absolute atomic E-state index is 0.00266. The minimum atomic E-state index is -0.00266. The molecule has 0 radical (unpaired) electrons. The van der Waals surface area contributed by atoms with Gasteiger partial charge in [0.25, 0.3) is 0 Å². The fourth-order valence-corrected chi connectivity index (χ4v) is 2.05. The lowest BCUT2D eigenvalue weighted by molar-refractivity contribution is -0.131. The van der Waals surface area contributed by atoms with Crippen LogP contribution in [0.3, 0.4) is 0 Å². The molecule has 0 aliphatic carbocycles. The summed E-state index contributed by atoms with van der Waals surface area (Å²) in [5.74, 6) is 2.10. The third-order valence-corrected chi connectivity index (χ3v) is 3.57. The van der Waals surface area contributed by atoms with E-state index in [1.165, 1.54) is 6.33 Å². The van der Waals surface area contributed by atoms with Gasteiger partial charge in [-0.1, -0.05) is 6.92 Å². The third kappa shape index (κ3) is 4.34. The molecule has 0 aliphatic rings. The van der Waals surface area contributed by atoms with E-state index < -0.39 is 0 Å². The van der Waals surface area contributed by atoms with Crippen molar-refractivity contribution < 1.29 is 4.79 Å². The van der Waals surface area contributed by atoms with Gasteiger partial charge in [-0.25, -0.2) is 9.97 Å². The van der Waals surface area contributed by atoms with Crippen LogP contribution in [-0.4, -0.2) is 39.3 Å². The second-order valence-electron chi connectivity index (χ2n) is 3.76. The summed E-state index contributed by atoms with van der Waals surface area (Å²) in [6, 6.07) is 1.84. The van der Waals surface area contributed by atoms with E-state index in [2.05, 4.69) is 16.9 Å². The SMILES string of the molecule is CCSCCC(=O)N(C)[C@@H](C)c1ccncn1. The summed E-state index contributed by atoms with van der Waals surface area (Å²) in [4.78, 5) is 21.7. The summed E-state index contributed by atoms with van der Waals surface area (Å²) in [7, 11) is 1.83. The molecule has 0 bridgehead atoms. The Labute approximate surface area is 107 Å². The Balaban J connectivity index is 2.51. The van der Waals surface area contributed by atoms with Gasteiger partial charge in [0, 0.05) is 25.4 Å². The molecule has 1 heterocycles. The molecule has 0 unspecified atom stereocenters. The number of rotatable bonds is 6. The van der Waals surface area contributed by atoms with Crippen molar-refractivity contribution >= 4 is 17.7 Å². The molecule has 0 spiro atoms. The minimum Gasteiger partial charge on any atom is -0.337 e. The first-order valence-electron chi connectivity index (χ1n) is 5.76. The molecular weight excluding hydrogens is 234 g/mol. The van der Waals surface area contributed by atoms with Crippen LogP contribution >= 0.6 is 11.8 Å². The fraction of sp³-hybridized carbons (Fsp3) is 0.583. The normalized spacial score (nSPS) is 12.2. The van der Waals surface area contributed by atoms with E-state index in [1.807, 2.05) is 20.0 Å². The van der Waals surface area contributed by atoms with E-state index in [0.717, 1.165) is 17.2 Å². The standard InChI is InChI=1S/C12H19N3OS/c1-4-17-8-6-12(16)15(3)10(2)11-5-7-13-9-14-11/h5,7,9-10H,4,6,8H2,1-3H3/t10-/m0/s1. The number of nitrogens with zero attached hydrogens (tertiary/aromatic N) is 3. The smallest absolute Gasteiger partial charge is 0.223 e. The zero-order chi connectivity index (χ0) is 12.7. The van der Waals surface area contributed by atoms with Gasteiger partial charge >= 0.3 is 0 Å². The van der Waals surface area contributed by atoms with Crippen molar-refractivity contribution in [2.45, 2.75) is 26.3 Å². The van der Waals surface area contributed by atoms with Gasteiger partial charge in [0.05, 0.1) is 11.7 Å². The highest BCUT2D eigenvalue weighted by molar-refractivity contribution is 7.99. The zero-order valence-electron chi connectivity index (χ0n) is 10.6. The lowest BCUT2D eigenvalue weighted by atomic mass is 10.2. The Kier molecular flexibility index (Phi) is 5.97. The number of aromatic nitrogens is 2. The van der Waals surface area contributed by atoms with Crippen LogP contribution < -0.4 is 0 Å². The highest BCUT2D eigenvalue weighted by Gasteiger charge is 2.17. The largest absolute Gasteiger partial charge is 0.337 e. The molecule has 1 amide bonds. The van der Waals surface area contributed by atoms with Gasteiger partial charge in [-0.3, -0.25) is 4.79 Å². The van der Waals surface area contributed by atoms with Gasteiger partial charge in [0.15, 0.2) is 0 Å². The van der Waals surface area contributed by atoms with Crippen LogP contribution in [0.2, 0.25) is 0 Å². The van der Waals surface area contributed by atoms with Gasteiger partial charge in [0.1, 0.15) is 6.33 Å². The number of thioether (sulfide) groups is 1. The highest BCUT2D eigenvalue weighted by atomic mass is 32.2. The quantitative estimate of drug-likeness (QED) is 0.729. The van der Waals surface area contributed by atoms with Crippen molar-refractivity contribution in [2.75, 3.05) is 18.6 Å². The van der Waals surface area contributed by atoms with Gasteiger partial charge in [-0.05, 0) is 18.7 Å². The molecule has 0 saturated carbocycles. The van der Waals surface area contributed by atoms with Gasteiger partial charge in [0.2, 0.25) is 5.91 Å². The predicted molar refractivity (Wildman–Crippen MR) is 70.8 cm³/mol. The van der Waals surface area contributed by atoms with Crippen molar-refractivity contribution in [3.63, 3.8) is 0 Å². The molecule has 1 rings (SSSR count). The Morgan fingerprint density at radius 2 is 2.35 bits per heavy atom. The lowest BCUT2D eigenvalue weighted by Crippen LogP contribution is -2.30. The number of carbonyl (C=O) groups is 1. The Morgan fingerprint density at radius 3 is 2.94 bits per heavy atom. The van der Waals surface area contributed by atoms with Crippen molar-refractivity contribution in [3.05, 3.63) is 24.3 Å². The van der Waals surface area contributed by atoms with Crippen LogP contribution in [0.1, 0.15) is 32.0 Å². The fourth-order valence-electron chi connectivity index (χ4n) is 1.44. The van der Waals surface area contributed by atoms with E-state index >= 15 is 0 Å². The molecule has 0 aliphatic heterocycles. The van der Waals surface area contributed by atoms with Gasteiger partial charge in [-0.2, -0.15) is 11.8 Å². The van der Waals surface area contributed by atoms with Crippen molar-refractivity contribution in [1.29, 1.82) is 0 Å². The Morgan fingerprint density at radius 1 is 1.59 bits per heavy atom. The summed E-state index contributed by atoms with van der Waals surface area (Å²) in [5, 5.41) is 0. The molecule has 1 aromatic heterocycles. The van der Waals surface area contributed by atoms with Crippen LogP contribution in [0.15, 0.2) is 18.6 Å².